The molecule has 3 N–H and O–H groups in total. The Morgan fingerprint density at radius 2 is 2.07 bits per heavy atom. The molecule has 0 aliphatic carbocycles. The van der Waals surface area contributed by atoms with Crippen LogP contribution in [0.5, 0.6) is 0 Å². The third-order valence-electron chi connectivity index (χ3n) is 1.68. The molecule has 0 bridgehead atoms. The summed E-state index contributed by atoms with van der Waals surface area (Å²) in [6, 6.07) is 1.97. The Kier molecular flexibility index (Phi) is 3.07. The van der Waals surface area contributed by atoms with Gasteiger partial charge in [0.15, 0.2) is 0 Å². The van der Waals surface area contributed by atoms with Gasteiger partial charge >= 0.3 is 6.18 Å². The van der Waals surface area contributed by atoms with Crippen LogP contribution in [0.4, 0.5) is 13.2 Å². The largest absolute Gasteiger partial charge is 0.433 e. The van der Waals surface area contributed by atoms with E-state index in [9.17, 15) is 18.3 Å². The van der Waals surface area contributed by atoms with Crippen molar-refractivity contribution in [3.63, 3.8) is 0 Å². The van der Waals surface area contributed by atoms with E-state index in [1.165, 1.54) is 0 Å². The summed E-state index contributed by atoms with van der Waals surface area (Å²) in [7, 11) is 0. The molecule has 0 radical (unpaired) electrons. The van der Waals surface area contributed by atoms with Crippen molar-refractivity contribution in [1.82, 2.24) is 4.98 Å². The van der Waals surface area contributed by atoms with Gasteiger partial charge in [0.05, 0.1) is 6.10 Å². The molecule has 6 heteroatoms. The second-order valence-electron chi connectivity index (χ2n) is 2.73. The van der Waals surface area contributed by atoms with E-state index in [2.05, 4.69) is 4.98 Å². The van der Waals surface area contributed by atoms with Crippen molar-refractivity contribution in [2.45, 2.75) is 12.3 Å². The summed E-state index contributed by atoms with van der Waals surface area (Å²) in [6.45, 7) is -0.0486. The number of aromatic nitrogens is 1. The summed E-state index contributed by atoms with van der Waals surface area (Å²) in [4.78, 5) is 3.18. The summed E-state index contributed by atoms with van der Waals surface area (Å²) in [5.41, 5.74) is 4.43. The minimum Gasteiger partial charge on any atom is -0.387 e. The highest BCUT2D eigenvalue weighted by molar-refractivity contribution is 5.18. The van der Waals surface area contributed by atoms with Gasteiger partial charge in [-0.1, -0.05) is 6.07 Å². The van der Waals surface area contributed by atoms with Gasteiger partial charge in [0.25, 0.3) is 0 Å². The molecule has 1 rings (SSSR count). The molecule has 0 aromatic carbocycles. The van der Waals surface area contributed by atoms with Crippen LogP contribution in [0.15, 0.2) is 18.3 Å². The number of hydrogen-bond acceptors (Lipinski definition) is 3. The monoisotopic (exact) mass is 206 g/mol. The second-order valence-corrected chi connectivity index (χ2v) is 2.73. The fourth-order valence-corrected chi connectivity index (χ4v) is 0.906. The zero-order valence-corrected chi connectivity index (χ0v) is 7.12. The Balaban J connectivity index is 2.89. The molecule has 3 nitrogen and oxygen atoms in total. The first-order chi connectivity index (χ1) is 6.45. The van der Waals surface area contributed by atoms with Crippen LogP contribution in [0.1, 0.15) is 17.4 Å². The number of hydrogen-bond donors (Lipinski definition) is 2. The van der Waals surface area contributed by atoms with Crippen molar-refractivity contribution < 1.29 is 18.3 Å². The van der Waals surface area contributed by atoms with E-state index in [1.807, 2.05) is 0 Å². The van der Waals surface area contributed by atoms with Crippen LogP contribution in [0, 0.1) is 0 Å². The average molecular weight is 206 g/mol. The predicted molar refractivity (Wildman–Crippen MR) is 43.3 cm³/mol. The van der Waals surface area contributed by atoms with Gasteiger partial charge in [-0.05, 0) is 6.07 Å². The lowest BCUT2D eigenvalue weighted by atomic mass is 10.1. The van der Waals surface area contributed by atoms with Gasteiger partial charge in [0.1, 0.15) is 5.69 Å². The van der Waals surface area contributed by atoms with E-state index >= 15 is 0 Å². The predicted octanol–water partition coefficient (Wildman–Crippen LogP) is 1.09. The number of nitrogens with zero attached hydrogens (tertiary/aromatic N) is 1. The first-order valence-electron chi connectivity index (χ1n) is 3.86. The topological polar surface area (TPSA) is 59.1 Å². The number of nitrogens with two attached hydrogens (primary N) is 1. The number of aliphatic hydroxyl groups excluding tert-OH is 1. The molecule has 0 spiro atoms. The molecule has 0 saturated heterocycles. The maximum atomic E-state index is 12.1. The van der Waals surface area contributed by atoms with E-state index in [-0.39, 0.29) is 12.1 Å². The normalized spacial score (nSPS) is 14.1. The summed E-state index contributed by atoms with van der Waals surface area (Å²) in [5.74, 6) is 0. The van der Waals surface area contributed by atoms with Gasteiger partial charge in [-0.3, -0.25) is 4.98 Å². The molecule has 0 saturated carbocycles. The smallest absolute Gasteiger partial charge is 0.387 e. The van der Waals surface area contributed by atoms with Crippen LogP contribution in [-0.4, -0.2) is 16.6 Å². The summed E-state index contributed by atoms with van der Waals surface area (Å²) in [5, 5.41) is 9.18. The van der Waals surface area contributed by atoms with Crippen molar-refractivity contribution in [1.29, 1.82) is 0 Å². The molecule has 78 valence electrons. The zero-order valence-electron chi connectivity index (χ0n) is 7.12. The van der Waals surface area contributed by atoms with E-state index in [0.717, 1.165) is 18.3 Å². The molecule has 14 heavy (non-hydrogen) atoms. The molecular weight excluding hydrogens is 197 g/mol. The van der Waals surface area contributed by atoms with Crippen molar-refractivity contribution >= 4 is 0 Å². The molecule has 1 aromatic rings. The molecule has 1 aromatic heterocycles. The molecular formula is C8H9F3N2O. The van der Waals surface area contributed by atoms with Crippen LogP contribution in [0.3, 0.4) is 0 Å². The van der Waals surface area contributed by atoms with Crippen LogP contribution < -0.4 is 5.73 Å². The van der Waals surface area contributed by atoms with Gasteiger partial charge in [-0.15, -0.1) is 0 Å². The molecule has 0 amide bonds. The van der Waals surface area contributed by atoms with E-state index in [0.29, 0.717) is 0 Å². The van der Waals surface area contributed by atoms with E-state index in [4.69, 9.17) is 5.73 Å². The second kappa shape index (κ2) is 3.93. The number of aliphatic hydroxyl groups is 1. The fraction of sp³-hybridized carbons (Fsp3) is 0.375. The Morgan fingerprint density at radius 1 is 1.43 bits per heavy atom. The quantitative estimate of drug-likeness (QED) is 0.761. The first kappa shape index (κ1) is 10.9. The van der Waals surface area contributed by atoms with Crippen molar-refractivity contribution in [3.8, 4) is 0 Å². The van der Waals surface area contributed by atoms with Crippen LogP contribution in [-0.2, 0) is 6.18 Å². The molecule has 1 heterocycles. The third-order valence-corrected chi connectivity index (χ3v) is 1.68. The van der Waals surface area contributed by atoms with Gasteiger partial charge < -0.3 is 10.8 Å². The number of rotatable bonds is 2. The highest BCUT2D eigenvalue weighted by atomic mass is 19.4. The van der Waals surface area contributed by atoms with Gasteiger partial charge in [0, 0.05) is 18.3 Å². The lowest BCUT2D eigenvalue weighted by Gasteiger charge is -2.09. The lowest BCUT2D eigenvalue weighted by molar-refractivity contribution is -0.141. The average Bonchev–Trinajstić information content (AvgIpc) is 2.15. The van der Waals surface area contributed by atoms with Crippen LogP contribution >= 0.6 is 0 Å². The molecule has 0 aliphatic heterocycles. The zero-order chi connectivity index (χ0) is 10.8. The van der Waals surface area contributed by atoms with Crippen molar-refractivity contribution in [2.75, 3.05) is 6.54 Å². The summed E-state index contributed by atoms with van der Waals surface area (Å²) < 4.78 is 36.2. The Hall–Kier alpha value is -1.14. The minimum atomic E-state index is -4.45. The summed E-state index contributed by atoms with van der Waals surface area (Å²) >= 11 is 0. The van der Waals surface area contributed by atoms with Crippen molar-refractivity contribution in [3.05, 3.63) is 29.6 Å². The Morgan fingerprint density at radius 3 is 2.43 bits per heavy atom. The third kappa shape index (κ3) is 2.43. The fourth-order valence-electron chi connectivity index (χ4n) is 0.906. The molecule has 0 fully saturated rings. The van der Waals surface area contributed by atoms with E-state index in [1.54, 1.807) is 0 Å². The van der Waals surface area contributed by atoms with Crippen molar-refractivity contribution in [2.24, 2.45) is 5.73 Å². The Labute approximate surface area is 78.4 Å². The standard InChI is InChI=1S/C8H9F3N2O/c9-8(10,11)7-2-1-5(4-13-7)6(14)3-12/h1-2,4,6,14H,3,12H2/t6-/m1/s1. The minimum absolute atomic E-state index is 0.0486. The number of halogens is 3. The molecule has 0 unspecified atom stereocenters. The highest BCUT2D eigenvalue weighted by Gasteiger charge is 2.32. The van der Waals surface area contributed by atoms with Crippen LogP contribution in [0.2, 0.25) is 0 Å². The van der Waals surface area contributed by atoms with Gasteiger partial charge in [-0.25, -0.2) is 0 Å². The molecule has 0 aliphatic rings. The SMILES string of the molecule is NC[C@@H](O)c1ccc(C(F)(F)F)nc1. The van der Waals surface area contributed by atoms with E-state index < -0.39 is 18.0 Å². The van der Waals surface area contributed by atoms with Gasteiger partial charge in [-0.2, -0.15) is 13.2 Å². The molecule has 1 atom stereocenters. The van der Waals surface area contributed by atoms with Crippen LogP contribution in [0.25, 0.3) is 0 Å². The van der Waals surface area contributed by atoms with Gasteiger partial charge in [0.2, 0.25) is 0 Å². The lowest BCUT2D eigenvalue weighted by Crippen LogP contribution is -2.13. The maximum Gasteiger partial charge on any atom is 0.433 e. The first-order valence-corrected chi connectivity index (χ1v) is 3.86. The maximum absolute atomic E-state index is 12.1. The number of alkyl halides is 3. The highest BCUT2D eigenvalue weighted by Crippen LogP contribution is 2.27. The summed E-state index contributed by atoms with van der Waals surface area (Å²) in [6.07, 6.45) is -4.45. The Bertz CT molecular complexity index is 296. The number of pyridine rings is 1.